The number of carbonyl (C=O) groups is 1. The van der Waals surface area contributed by atoms with Crippen LogP contribution in [0.1, 0.15) is 17.8 Å². The zero-order valence-electron chi connectivity index (χ0n) is 13.5. The number of hydrogen-bond acceptors (Lipinski definition) is 6. The van der Waals surface area contributed by atoms with Gasteiger partial charge in [-0.25, -0.2) is 9.97 Å². The monoisotopic (exact) mass is 340 g/mol. The van der Waals surface area contributed by atoms with E-state index >= 15 is 0 Å². The van der Waals surface area contributed by atoms with E-state index in [0.29, 0.717) is 5.95 Å². The minimum atomic E-state index is -0.239. The van der Waals surface area contributed by atoms with Gasteiger partial charge < -0.3 is 10.2 Å². The summed E-state index contributed by atoms with van der Waals surface area (Å²) < 4.78 is 0. The third kappa shape index (κ3) is 5.05. The summed E-state index contributed by atoms with van der Waals surface area (Å²) in [5.74, 6) is 3.74. The fraction of sp³-hybridized carbons (Fsp3) is 0.667. The lowest BCUT2D eigenvalue weighted by atomic mass is 10.2. The van der Waals surface area contributed by atoms with Gasteiger partial charge in [-0.05, 0) is 38.3 Å². The first kappa shape index (κ1) is 17.4. The summed E-state index contributed by atoms with van der Waals surface area (Å²) in [7, 11) is 0. The zero-order chi connectivity index (χ0) is 15.9. The number of thioether (sulfide) groups is 2. The highest BCUT2D eigenvalue weighted by Gasteiger charge is 2.26. The molecule has 2 heterocycles. The van der Waals surface area contributed by atoms with Gasteiger partial charge in [0.1, 0.15) is 6.04 Å². The standard InChI is InChI=1S/C15H24N4OS2/c1-11-10-12(2)17-15(16-11)18-13(4-7-21-3)14(20)19-5-8-22-9-6-19/h10,13H,4-9H2,1-3H3,(H,16,17,18)/t13-/m1/s1. The quantitative estimate of drug-likeness (QED) is 0.857. The van der Waals surface area contributed by atoms with Crippen LogP contribution in [0.3, 0.4) is 0 Å². The molecule has 122 valence electrons. The Hall–Kier alpha value is -0.950. The summed E-state index contributed by atoms with van der Waals surface area (Å²) in [6, 6.07) is 1.70. The van der Waals surface area contributed by atoms with Crippen LogP contribution in [0.25, 0.3) is 0 Å². The van der Waals surface area contributed by atoms with Gasteiger partial charge in [-0.15, -0.1) is 0 Å². The van der Waals surface area contributed by atoms with Crippen LogP contribution in [0.5, 0.6) is 0 Å². The van der Waals surface area contributed by atoms with Crippen molar-refractivity contribution in [3.05, 3.63) is 17.5 Å². The molecule has 5 nitrogen and oxygen atoms in total. The minimum Gasteiger partial charge on any atom is -0.342 e. The van der Waals surface area contributed by atoms with Crippen LogP contribution in [-0.2, 0) is 4.79 Å². The molecule has 0 aromatic carbocycles. The topological polar surface area (TPSA) is 58.1 Å². The predicted octanol–water partition coefficient (Wildman–Crippen LogP) is 2.20. The molecule has 1 fully saturated rings. The highest BCUT2D eigenvalue weighted by Crippen LogP contribution is 2.15. The van der Waals surface area contributed by atoms with Crippen molar-refractivity contribution in [2.75, 3.05) is 41.9 Å². The Morgan fingerprint density at radius 1 is 1.36 bits per heavy atom. The first-order valence-electron chi connectivity index (χ1n) is 7.54. The summed E-state index contributed by atoms with van der Waals surface area (Å²) >= 11 is 3.67. The molecule has 1 aliphatic heterocycles. The minimum absolute atomic E-state index is 0.178. The van der Waals surface area contributed by atoms with Gasteiger partial charge in [-0.2, -0.15) is 23.5 Å². The predicted molar refractivity (Wildman–Crippen MR) is 95.8 cm³/mol. The molecular formula is C15H24N4OS2. The Balaban J connectivity index is 2.08. The molecule has 0 bridgehead atoms. The molecule has 0 aliphatic carbocycles. The third-order valence-corrected chi connectivity index (χ3v) is 5.10. The van der Waals surface area contributed by atoms with Crippen LogP contribution in [0, 0.1) is 13.8 Å². The zero-order valence-corrected chi connectivity index (χ0v) is 15.1. The molecule has 7 heteroatoms. The van der Waals surface area contributed by atoms with E-state index in [2.05, 4.69) is 21.5 Å². The molecule has 22 heavy (non-hydrogen) atoms. The van der Waals surface area contributed by atoms with Crippen molar-refractivity contribution in [2.45, 2.75) is 26.3 Å². The SMILES string of the molecule is CSCC[C@@H](Nc1nc(C)cc(C)n1)C(=O)N1CCSCC1. The second-order valence-electron chi connectivity index (χ2n) is 5.39. The fourth-order valence-corrected chi connectivity index (χ4v) is 3.82. The van der Waals surface area contributed by atoms with Crippen LogP contribution in [0.15, 0.2) is 6.07 Å². The second kappa shape index (κ2) is 8.62. The Morgan fingerprint density at radius 3 is 2.59 bits per heavy atom. The van der Waals surface area contributed by atoms with Crippen LogP contribution in [-0.4, -0.2) is 63.4 Å². The number of aryl methyl sites for hydroxylation is 2. The number of aromatic nitrogens is 2. The second-order valence-corrected chi connectivity index (χ2v) is 7.60. The lowest BCUT2D eigenvalue weighted by molar-refractivity contribution is -0.131. The highest BCUT2D eigenvalue weighted by molar-refractivity contribution is 7.99. The molecule has 1 atom stereocenters. The van der Waals surface area contributed by atoms with Crippen molar-refractivity contribution in [2.24, 2.45) is 0 Å². The van der Waals surface area contributed by atoms with Gasteiger partial charge in [0, 0.05) is 36.0 Å². The molecule has 1 aromatic heterocycles. The largest absolute Gasteiger partial charge is 0.342 e. The highest BCUT2D eigenvalue weighted by atomic mass is 32.2. The number of hydrogen-bond donors (Lipinski definition) is 1. The van der Waals surface area contributed by atoms with Crippen LogP contribution in [0.2, 0.25) is 0 Å². The van der Waals surface area contributed by atoms with E-state index in [1.807, 2.05) is 36.6 Å². The number of anilines is 1. The van der Waals surface area contributed by atoms with Crippen LogP contribution in [0.4, 0.5) is 5.95 Å². The lowest BCUT2D eigenvalue weighted by Crippen LogP contribution is -2.47. The summed E-state index contributed by atoms with van der Waals surface area (Å²) in [5.41, 5.74) is 1.83. The maximum atomic E-state index is 12.8. The van der Waals surface area contributed by atoms with Gasteiger partial charge in [-0.1, -0.05) is 0 Å². The molecule has 0 saturated carbocycles. The van der Waals surface area contributed by atoms with Crippen molar-refractivity contribution in [1.82, 2.24) is 14.9 Å². The molecule has 1 saturated heterocycles. The van der Waals surface area contributed by atoms with Crippen molar-refractivity contribution in [1.29, 1.82) is 0 Å². The molecule has 1 aliphatic rings. The molecule has 0 unspecified atom stereocenters. The first-order chi connectivity index (χ1) is 10.6. The van der Waals surface area contributed by atoms with Gasteiger partial charge >= 0.3 is 0 Å². The Morgan fingerprint density at radius 2 is 2.00 bits per heavy atom. The summed E-state index contributed by atoms with van der Waals surface area (Å²) in [6.45, 7) is 5.57. The summed E-state index contributed by atoms with van der Waals surface area (Å²) in [6.07, 6.45) is 2.85. The van der Waals surface area contributed by atoms with E-state index in [-0.39, 0.29) is 11.9 Å². The molecule has 0 spiro atoms. The maximum absolute atomic E-state index is 12.8. The van der Waals surface area contributed by atoms with Crippen LogP contribution >= 0.6 is 23.5 Å². The van der Waals surface area contributed by atoms with E-state index in [0.717, 1.165) is 48.2 Å². The number of amides is 1. The van der Waals surface area contributed by atoms with Crippen molar-refractivity contribution >= 4 is 35.4 Å². The van der Waals surface area contributed by atoms with E-state index in [1.165, 1.54) is 0 Å². The first-order valence-corrected chi connectivity index (χ1v) is 10.1. The molecule has 1 N–H and O–H groups in total. The summed E-state index contributed by atoms with van der Waals surface area (Å²) in [4.78, 5) is 23.5. The normalized spacial score (nSPS) is 16.4. The maximum Gasteiger partial charge on any atom is 0.245 e. The molecule has 1 amide bonds. The Kier molecular flexibility index (Phi) is 6.82. The van der Waals surface area contributed by atoms with Crippen molar-refractivity contribution in [3.63, 3.8) is 0 Å². The summed E-state index contributed by atoms with van der Waals surface area (Å²) in [5, 5.41) is 3.26. The van der Waals surface area contributed by atoms with Gasteiger partial charge in [0.15, 0.2) is 0 Å². The van der Waals surface area contributed by atoms with Crippen molar-refractivity contribution in [3.8, 4) is 0 Å². The molecular weight excluding hydrogens is 316 g/mol. The molecule has 1 aromatic rings. The Labute approximate surface area is 141 Å². The number of nitrogens with one attached hydrogen (secondary N) is 1. The van der Waals surface area contributed by atoms with Gasteiger partial charge in [0.25, 0.3) is 0 Å². The fourth-order valence-electron chi connectivity index (χ4n) is 2.44. The van der Waals surface area contributed by atoms with Crippen LogP contribution < -0.4 is 5.32 Å². The van der Waals surface area contributed by atoms with Gasteiger partial charge in [-0.3, -0.25) is 4.79 Å². The number of carbonyl (C=O) groups excluding carboxylic acids is 1. The average Bonchev–Trinajstić information content (AvgIpc) is 2.50. The van der Waals surface area contributed by atoms with Crippen molar-refractivity contribution < 1.29 is 4.79 Å². The molecule has 0 radical (unpaired) electrons. The van der Waals surface area contributed by atoms with E-state index in [1.54, 1.807) is 11.8 Å². The Bertz CT molecular complexity index is 486. The lowest BCUT2D eigenvalue weighted by Gasteiger charge is -2.30. The third-order valence-electron chi connectivity index (χ3n) is 3.52. The number of nitrogens with zero attached hydrogens (tertiary/aromatic N) is 3. The van der Waals surface area contributed by atoms with E-state index in [4.69, 9.17) is 0 Å². The van der Waals surface area contributed by atoms with Gasteiger partial charge in [0.05, 0.1) is 0 Å². The van der Waals surface area contributed by atoms with E-state index in [9.17, 15) is 4.79 Å². The van der Waals surface area contributed by atoms with Gasteiger partial charge in [0.2, 0.25) is 11.9 Å². The smallest absolute Gasteiger partial charge is 0.245 e. The number of rotatable bonds is 6. The average molecular weight is 341 g/mol. The van der Waals surface area contributed by atoms with E-state index < -0.39 is 0 Å². The molecule has 2 rings (SSSR count).